The van der Waals surface area contributed by atoms with Crippen molar-refractivity contribution >= 4 is 29.4 Å². The number of carboxylic acids is 1. The molecule has 0 aliphatic carbocycles. The molecule has 0 heterocycles. The first kappa shape index (κ1) is 14.8. The van der Waals surface area contributed by atoms with Gasteiger partial charge in [0, 0.05) is 5.02 Å². The summed E-state index contributed by atoms with van der Waals surface area (Å²) in [7, 11) is 0. The number of rotatable bonds is 4. The van der Waals surface area contributed by atoms with Crippen molar-refractivity contribution in [3.05, 3.63) is 70.3 Å². The molecule has 0 aliphatic heterocycles. The van der Waals surface area contributed by atoms with E-state index >= 15 is 0 Å². The van der Waals surface area contributed by atoms with E-state index in [4.69, 9.17) is 16.7 Å². The number of aromatic hydroxyl groups is 1. The number of halogens is 1. The Morgan fingerprint density at radius 1 is 1.05 bits per heavy atom. The maximum atomic E-state index is 12.0. The second-order valence-corrected chi connectivity index (χ2v) is 4.72. The van der Waals surface area contributed by atoms with E-state index in [0.717, 1.165) is 0 Å². The molecule has 2 aromatic carbocycles. The Morgan fingerprint density at radius 2 is 1.71 bits per heavy atom. The third-order valence-corrected chi connectivity index (χ3v) is 3.04. The molecule has 2 N–H and O–H groups in total. The average molecular weight is 303 g/mol. The van der Waals surface area contributed by atoms with Crippen LogP contribution in [0.3, 0.4) is 0 Å². The van der Waals surface area contributed by atoms with Crippen LogP contribution in [0.5, 0.6) is 5.75 Å². The summed E-state index contributed by atoms with van der Waals surface area (Å²) in [5.41, 5.74) is 0.960. The van der Waals surface area contributed by atoms with Crippen LogP contribution in [-0.4, -0.2) is 22.0 Å². The highest BCUT2D eigenvalue weighted by atomic mass is 35.5. The first-order valence-corrected chi connectivity index (χ1v) is 6.39. The molecular formula is C16H11ClO4. The quantitative estimate of drug-likeness (QED) is 0.668. The lowest BCUT2D eigenvalue weighted by Crippen LogP contribution is -1.96. The van der Waals surface area contributed by atoms with Crippen LogP contribution in [0.1, 0.15) is 26.3 Å². The summed E-state index contributed by atoms with van der Waals surface area (Å²) in [6.07, 6.45) is 2.83. The van der Waals surface area contributed by atoms with Crippen LogP contribution in [0.25, 0.3) is 6.08 Å². The van der Waals surface area contributed by atoms with Gasteiger partial charge < -0.3 is 10.2 Å². The normalized spacial score (nSPS) is 10.7. The van der Waals surface area contributed by atoms with E-state index < -0.39 is 11.8 Å². The topological polar surface area (TPSA) is 74.6 Å². The Balaban J connectivity index is 2.18. The van der Waals surface area contributed by atoms with Gasteiger partial charge in [0.2, 0.25) is 0 Å². The Morgan fingerprint density at radius 3 is 2.33 bits per heavy atom. The fourth-order valence-corrected chi connectivity index (χ4v) is 1.88. The van der Waals surface area contributed by atoms with Gasteiger partial charge in [0.25, 0.3) is 0 Å². The maximum absolute atomic E-state index is 12.0. The molecule has 0 aromatic heterocycles. The second-order valence-electron chi connectivity index (χ2n) is 4.29. The molecule has 0 spiro atoms. The van der Waals surface area contributed by atoms with E-state index in [2.05, 4.69) is 0 Å². The van der Waals surface area contributed by atoms with Crippen LogP contribution >= 0.6 is 11.6 Å². The highest BCUT2D eigenvalue weighted by molar-refractivity contribution is 6.31. The number of carbonyl (C=O) groups is 2. The molecule has 0 aliphatic rings. The van der Waals surface area contributed by atoms with Gasteiger partial charge in [-0.25, -0.2) is 4.79 Å². The third kappa shape index (κ3) is 3.70. The van der Waals surface area contributed by atoms with Crippen molar-refractivity contribution in [2.24, 2.45) is 0 Å². The molecule has 0 saturated carbocycles. The number of hydrogen-bond donors (Lipinski definition) is 2. The van der Waals surface area contributed by atoms with Crippen LogP contribution in [-0.2, 0) is 0 Å². The first-order chi connectivity index (χ1) is 9.97. The third-order valence-electron chi connectivity index (χ3n) is 2.81. The number of ketones is 1. The molecule has 0 unspecified atom stereocenters. The maximum Gasteiger partial charge on any atom is 0.335 e. The predicted molar refractivity (Wildman–Crippen MR) is 79.9 cm³/mol. The van der Waals surface area contributed by atoms with Crippen LogP contribution in [0, 0.1) is 0 Å². The Labute approximate surface area is 125 Å². The average Bonchev–Trinajstić information content (AvgIpc) is 2.47. The lowest BCUT2D eigenvalue weighted by atomic mass is 10.1. The van der Waals surface area contributed by atoms with E-state index in [1.807, 2.05) is 0 Å². The Bertz CT molecular complexity index is 718. The van der Waals surface area contributed by atoms with Crippen molar-refractivity contribution in [1.82, 2.24) is 0 Å². The van der Waals surface area contributed by atoms with E-state index in [-0.39, 0.29) is 16.9 Å². The van der Waals surface area contributed by atoms with E-state index in [1.165, 1.54) is 42.5 Å². The van der Waals surface area contributed by atoms with Crippen molar-refractivity contribution in [2.75, 3.05) is 0 Å². The van der Waals surface area contributed by atoms with Gasteiger partial charge in [-0.15, -0.1) is 0 Å². The lowest BCUT2D eigenvalue weighted by molar-refractivity contribution is 0.0696. The predicted octanol–water partition coefficient (Wildman–Crippen LogP) is 3.64. The summed E-state index contributed by atoms with van der Waals surface area (Å²) in [4.78, 5) is 22.7. The number of phenols is 1. The minimum Gasteiger partial charge on any atom is -0.507 e. The van der Waals surface area contributed by atoms with Crippen LogP contribution in [0.2, 0.25) is 5.02 Å². The molecule has 5 heteroatoms. The van der Waals surface area contributed by atoms with Gasteiger partial charge in [0.05, 0.1) is 11.1 Å². The van der Waals surface area contributed by atoms with Crippen molar-refractivity contribution in [3.63, 3.8) is 0 Å². The molecule has 106 valence electrons. The van der Waals surface area contributed by atoms with Gasteiger partial charge in [-0.05, 0) is 42.0 Å². The zero-order valence-corrected chi connectivity index (χ0v) is 11.5. The van der Waals surface area contributed by atoms with Crippen molar-refractivity contribution in [3.8, 4) is 5.75 Å². The van der Waals surface area contributed by atoms with E-state index in [9.17, 15) is 14.7 Å². The van der Waals surface area contributed by atoms with E-state index in [1.54, 1.807) is 12.1 Å². The van der Waals surface area contributed by atoms with E-state index in [0.29, 0.717) is 10.6 Å². The highest BCUT2D eigenvalue weighted by Crippen LogP contribution is 2.22. The number of allylic oxidation sites excluding steroid dienone is 1. The van der Waals surface area contributed by atoms with Crippen LogP contribution < -0.4 is 0 Å². The number of phenolic OH excluding ortho intramolecular Hbond substituents is 1. The number of aromatic carboxylic acids is 1. The lowest BCUT2D eigenvalue weighted by Gasteiger charge is -2.01. The van der Waals surface area contributed by atoms with Gasteiger partial charge in [-0.2, -0.15) is 0 Å². The van der Waals surface area contributed by atoms with Gasteiger partial charge in [0.15, 0.2) is 5.78 Å². The molecule has 2 rings (SSSR count). The van der Waals surface area contributed by atoms with Crippen molar-refractivity contribution in [2.45, 2.75) is 0 Å². The fraction of sp³-hybridized carbons (Fsp3) is 0. The summed E-state index contributed by atoms with van der Waals surface area (Å²) in [5.74, 6) is -1.54. The van der Waals surface area contributed by atoms with Gasteiger partial charge >= 0.3 is 5.97 Å². The Kier molecular flexibility index (Phi) is 4.40. The fourth-order valence-electron chi connectivity index (χ4n) is 1.70. The molecule has 0 bridgehead atoms. The standard InChI is InChI=1S/C16H11ClO4/c17-12-6-8-15(19)13(9-12)14(18)7-3-10-1-4-11(5-2-10)16(20)21/h1-9,19H,(H,20,21)/b7-3+. The molecule has 2 aromatic rings. The number of hydrogen-bond acceptors (Lipinski definition) is 3. The number of carbonyl (C=O) groups excluding carboxylic acids is 1. The summed E-state index contributed by atoms with van der Waals surface area (Å²) >= 11 is 5.78. The zero-order valence-electron chi connectivity index (χ0n) is 10.8. The molecule has 4 nitrogen and oxygen atoms in total. The van der Waals surface area contributed by atoms with Gasteiger partial charge in [-0.3, -0.25) is 4.79 Å². The van der Waals surface area contributed by atoms with Crippen molar-refractivity contribution in [1.29, 1.82) is 0 Å². The van der Waals surface area contributed by atoms with Crippen LogP contribution in [0.15, 0.2) is 48.5 Å². The summed E-state index contributed by atoms with van der Waals surface area (Å²) < 4.78 is 0. The molecule has 0 saturated heterocycles. The molecule has 0 atom stereocenters. The Hall–Kier alpha value is -2.59. The molecule has 0 amide bonds. The minimum absolute atomic E-state index is 0.112. The monoisotopic (exact) mass is 302 g/mol. The number of benzene rings is 2. The smallest absolute Gasteiger partial charge is 0.335 e. The van der Waals surface area contributed by atoms with Crippen LogP contribution in [0.4, 0.5) is 0 Å². The molecular weight excluding hydrogens is 292 g/mol. The van der Waals surface area contributed by atoms with Gasteiger partial charge in [-0.1, -0.05) is 29.8 Å². The summed E-state index contributed by atoms with van der Waals surface area (Å²) in [6, 6.07) is 10.3. The SMILES string of the molecule is O=C(O)c1ccc(/C=C/C(=O)c2cc(Cl)ccc2O)cc1. The van der Waals surface area contributed by atoms with Gasteiger partial charge in [0.1, 0.15) is 5.75 Å². The summed E-state index contributed by atoms with van der Waals surface area (Å²) in [6.45, 7) is 0. The highest BCUT2D eigenvalue weighted by Gasteiger charge is 2.08. The van der Waals surface area contributed by atoms with Crippen molar-refractivity contribution < 1.29 is 19.8 Å². The first-order valence-electron chi connectivity index (χ1n) is 6.01. The second kappa shape index (κ2) is 6.24. The zero-order chi connectivity index (χ0) is 15.4. The molecule has 0 radical (unpaired) electrons. The number of carboxylic acid groups (broad SMARTS) is 1. The summed E-state index contributed by atoms with van der Waals surface area (Å²) in [5, 5.41) is 18.8. The minimum atomic E-state index is -1.01. The largest absolute Gasteiger partial charge is 0.507 e. The molecule has 0 fully saturated rings. The molecule has 21 heavy (non-hydrogen) atoms.